The van der Waals surface area contributed by atoms with Crippen LogP contribution in [0.15, 0.2) is 0 Å². The molecule has 0 atom stereocenters. The van der Waals surface area contributed by atoms with Crippen LogP contribution >= 0.6 is 0 Å². The van der Waals surface area contributed by atoms with Crippen LogP contribution in [0.2, 0.25) is 0 Å². The Balaban J connectivity index is 3.00. The van der Waals surface area contributed by atoms with Crippen molar-refractivity contribution < 1.29 is 19.8 Å². The van der Waals surface area contributed by atoms with E-state index in [1.807, 2.05) is 0 Å². The molecule has 0 fully saturated rings. The maximum Gasteiger partial charge on any atom is 0.304 e. The van der Waals surface area contributed by atoms with Crippen molar-refractivity contribution in [1.82, 2.24) is 26.6 Å². The first-order valence-electron chi connectivity index (χ1n) is 8.10. The first-order chi connectivity index (χ1) is 11.1. The van der Waals surface area contributed by atoms with Crippen LogP contribution in [0.1, 0.15) is 12.8 Å². The van der Waals surface area contributed by atoms with E-state index in [2.05, 4.69) is 26.6 Å². The smallest absolute Gasteiger partial charge is 0.304 e. The number of hydrogen-bond donors (Lipinski definition) is 7. The number of hydrogen-bond acceptors (Lipinski definition) is 7. The third kappa shape index (κ3) is 20.7. The SMILES string of the molecule is O=C(O)CCNCCNCCNCCNCCNCCC(=O)O. The molecular formula is C14H31N5O4. The van der Waals surface area contributed by atoms with Gasteiger partial charge in [0.1, 0.15) is 0 Å². The second-order valence-corrected chi connectivity index (χ2v) is 5.04. The van der Waals surface area contributed by atoms with Crippen LogP contribution in [0, 0.1) is 0 Å². The van der Waals surface area contributed by atoms with Gasteiger partial charge in [-0.25, -0.2) is 0 Å². The molecule has 0 unspecified atom stereocenters. The fourth-order valence-corrected chi connectivity index (χ4v) is 1.72. The second kappa shape index (κ2) is 17.1. The summed E-state index contributed by atoms with van der Waals surface area (Å²) in [5, 5.41) is 32.8. The minimum absolute atomic E-state index is 0.156. The molecule has 0 saturated heterocycles. The summed E-state index contributed by atoms with van der Waals surface area (Å²) in [6.45, 7) is 7.70. The third-order valence-electron chi connectivity index (χ3n) is 2.95. The van der Waals surface area contributed by atoms with Gasteiger partial charge in [-0.3, -0.25) is 9.59 Å². The molecule has 0 saturated carbocycles. The lowest BCUT2D eigenvalue weighted by Crippen LogP contribution is -2.36. The Morgan fingerprint density at radius 3 is 0.913 bits per heavy atom. The molecule has 0 aliphatic rings. The summed E-state index contributed by atoms with van der Waals surface area (Å²) in [4.78, 5) is 20.6. The lowest BCUT2D eigenvalue weighted by molar-refractivity contribution is -0.137. The van der Waals surface area contributed by atoms with Gasteiger partial charge in [-0.15, -0.1) is 0 Å². The fraction of sp³-hybridized carbons (Fsp3) is 0.857. The van der Waals surface area contributed by atoms with Crippen molar-refractivity contribution >= 4 is 11.9 Å². The lowest BCUT2D eigenvalue weighted by atomic mass is 10.4. The number of rotatable bonds is 18. The molecule has 0 spiro atoms. The molecule has 0 bridgehead atoms. The predicted molar refractivity (Wildman–Crippen MR) is 88.9 cm³/mol. The van der Waals surface area contributed by atoms with Crippen molar-refractivity contribution in [3.05, 3.63) is 0 Å². The van der Waals surface area contributed by atoms with Crippen molar-refractivity contribution in [1.29, 1.82) is 0 Å². The quantitative estimate of drug-likeness (QED) is 0.141. The van der Waals surface area contributed by atoms with Crippen LogP contribution in [0.5, 0.6) is 0 Å². The van der Waals surface area contributed by atoms with Crippen molar-refractivity contribution in [2.75, 3.05) is 65.4 Å². The molecule has 23 heavy (non-hydrogen) atoms. The molecule has 9 nitrogen and oxygen atoms in total. The van der Waals surface area contributed by atoms with Gasteiger partial charge in [-0.1, -0.05) is 0 Å². The minimum Gasteiger partial charge on any atom is -0.481 e. The summed E-state index contributed by atoms with van der Waals surface area (Å²) in [6.07, 6.45) is 0.313. The van der Waals surface area contributed by atoms with E-state index in [1.165, 1.54) is 0 Å². The van der Waals surface area contributed by atoms with Gasteiger partial charge < -0.3 is 36.8 Å². The monoisotopic (exact) mass is 333 g/mol. The minimum atomic E-state index is -0.778. The maximum atomic E-state index is 10.3. The molecule has 9 heteroatoms. The molecular weight excluding hydrogens is 302 g/mol. The van der Waals surface area contributed by atoms with Gasteiger partial charge in [0.05, 0.1) is 12.8 Å². The second-order valence-electron chi connectivity index (χ2n) is 5.04. The van der Waals surface area contributed by atoms with E-state index in [-0.39, 0.29) is 12.8 Å². The summed E-state index contributed by atoms with van der Waals surface area (Å²) in [5.41, 5.74) is 0. The number of carbonyl (C=O) groups is 2. The van der Waals surface area contributed by atoms with Gasteiger partial charge in [0, 0.05) is 65.4 Å². The van der Waals surface area contributed by atoms with E-state index in [1.54, 1.807) is 0 Å². The molecule has 0 aromatic rings. The summed E-state index contributed by atoms with van der Waals surface area (Å²) in [7, 11) is 0. The van der Waals surface area contributed by atoms with E-state index in [0.29, 0.717) is 13.1 Å². The zero-order chi connectivity index (χ0) is 17.2. The van der Waals surface area contributed by atoms with Crippen molar-refractivity contribution in [2.24, 2.45) is 0 Å². The Morgan fingerprint density at radius 2 is 0.696 bits per heavy atom. The molecule has 136 valence electrons. The first-order valence-corrected chi connectivity index (χ1v) is 8.10. The average Bonchev–Trinajstić information content (AvgIpc) is 2.49. The van der Waals surface area contributed by atoms with E-state index < -0.39 is 11.9 Å². The third-order valence-corrected chi connectivity index (χ3v) is 2.95. The highest BCUT2D eigenvalue weighted by Gasteiger charge is 1.95. The zero-order valence-electron chi connectivity index (χ0n) is 13.7. The Morgan fingerprint density at radius 1 is 0.478 bits per heavy atom. The Bertz CT molecular complexity index is 277. The highest BCUT2D eigenvalue weighted by atomic mass is 16.4. The van der Waals surface area contributed by atoms with Crippen LogP contribution < -0.4 is 26.6 Å². The molecule has 0 amide bonds. The summed E-state index contributed by atoms with van der Waals surface area (Å²) in [5.74, 6) is -1.56. The van der Waals surface area contributed by atoms with Gasteiger partial charge in [0.15, 0.2) is 0 Å². The van der Waals surface area contributed by atoms with Gasteiger partial charge in [0.2, 0.25) is 0 Å². The standard InChI is InChI=1S/C14H31N5O4/c20-13(21)1-3-15-5-7-17-9-11-19-12-10-18-8-6-16-4-2-14(22)23/h15-19H,1-12H2,(H,20,21)(H,22,23). The van der Waals surface area contributed by atoms with Crippen LogP contribution in [-0.4, -0.2) is 87.6 Å². The topological polar surface area (TPSA) is 135 Å². The molecule has 7 N–H and O–H groups in total. The molecule has 0 aromatic heterocycles. The van der Waals surface area contributed by atoms with Crippen molar-refractivity contribution in [2.45, 2.75) is 12.8 Å². The fourth-order valence-electron chi connectivity index (χ4n) is 1.72. The first kappa shape index (κ1) is 21.7. The number of carboxylic acids is 2. The summed E-state index contributed by atoms with van der Waals surface area (Å²) < 4.78 is 0. The Hall–Kier alpha value is -1.26. The predicted octanol–water partition coefficient (Wildman–Crippen LogP) is -2.12. The van der Waals surface area contributed by atoms with Crippen LogP contribution in [0.3, 0.4) is 0 Å². The average molecular weight is 333 g/mol. The number of carboxylic acid groups (broad SMARTS) is 2. The van der Waals surface area contributed by atoms with Crippen molar-refractivity contribution in [3.8, 4) is 0 Å². The van der Waals surface area contributed by atoms with Crippen LogP contribution in [-0.2, 0) is 9.59 Å². The molecule has 0 radical (unpaired) electrons. The summed E-state index contributed by atoms with van der Waals surface area (Å²) in [6, 6.07) is 0. The largest absolute Gasteiger partial charge is 0.481 e. The van der Waals surface area contributed by atoms with E-state index in [0.717, 1.165) is 52.4 Å². The van der Waals surface area contributed by atoms with E-state index in [9.17, 15) is 9.59 Å². The van der Waals surface area contributed by atoms with E-state index >= 15 is 0 Å². The number of nitrogens with one attached hydrogen (secondary N) is 5. The zero-order valence-corrected chi connectivity index (χ0v) is 13.7. The molecule has 0 aliphatic carbocycles. The van der Waals surface area contributed by atoms with Gasteiger partial charge >= 0.3 is 11.9 Å². The molecule has 0 rings (SSSR count). The van der Waals surface area contributed by atoms with E-state index in [4.69, 9.17) is 10.2 Å². The highest BCUT2D eigenvalue weighted by molar-refractivity contribution is 5.67. The number of aliphatic carboxylic acids is 2. The van der Waals surface area contributed by atoms with Gasteiger partial charge in [0.25, 0.3) is 0 Å². The van der Waals surface area contributed by atoms with Crippen LogP contribution in [0.25, 0.3) is 0 Å². The van der Waals surface area contributed by atoms with Crippen LogP contribution in [0.4, 0.5) is 0 Å². The molecule has 0 heterocycles. The Labute approximate surface area is 137 Å². The Kier molecular flexibility index (Phi) is 16.2. The normalized spacial score (nSPS) is 10.8. The highest BCUT2D eigenvalue weighted by Crippen LogP contribution is 1.74. The molecule has 0 aliphatic heterocycles. The van der Waals surface area contributed by atoms with Crippen molar-refractivity contribution in [3.63, 3.8) is 0 Å². The summed E-state index contributed by atoms with van der Waals surface area (Å²) >= 11 is 0. The maximum absolute atomic E-state index is 10.3. The van der Waals surface area contributed by atoms with Gasteiger partial charge in [-0.05, 0) is 0 Å². The lowest BCUT2D eigenvalue weighted by Gasteiger charge is -2.08. The van der Waals surface area contributed by atoms with Gasteiger partial charge in [-0.2, -0.15) is 0 Å². The molecule has 0 aromatic carbocycles.